The maximum Gasteiger partial charge on any atom is 0.335 e. The minimum atomic E-state index is -3.65. The van der Waals surface area contributed by atoms with Crippen molar-refractivity contribution in [2.24, 2.45) is 0 Å². The van der Waals surface area contributed by atoms with Crippen molar-refractivity contribution in [1.82, 2.24) is 4.57 Å². The maximum atomic E-state index is 14.1. The highest BCUT2D eigenvalue weighted by atomic mass is 32.2. The number of rotatable bonds is 12. The van der Waals surface area contributed by atoms with Crippen LogP contribution in [0, 0.1) is 5.82 Å². The van der Waals surface area contributed by atoms with Crippen LogP contribution in [0.15, 0.2) is 97.1 Å². The van der Waals surface area contributed by atoms with E-state index in [1.54, 1.807) is 36.4 Å². The third kappa shape index (κ3) is 7.01. The topological polar surface area (TPSA) is 94.8 Å². The molecule has 228 valence electrons. The van der Waals surface area contributed by atoms with Gasteiger partial charge < -0.3 is 14.4 Å². The van der Waals surface area contributed by atoms with Gasteiger partial charge in [0.15, 0.2) is 0 Å². The molecule has 0 aliphatic rings. The fourth-order valence-electron chi connectivity index (χ4n) is 5.52. The zero-order valence-electron chi connectivity index (χ0n) is 24.8. The number of aromatic carboxylic acids is 1. The summed E-state index contributed by atoms with van der Waals surface area (Å²) in [5.41, 5.74) is 4.83. The first-order valence-corrected chi connectivity index (χ1v) is 16.0. The van der Waals surface area contributed by atoms with E-state index in [1.807, 2.05) is 62.4 Å². The molecule has 0 atom stereocenters. The van der Waals surface area contributed by atoms with Crippen LogP contribution >= 0.6 is 0 Å². The van der Waals surface area contributed by atoms with E-state index in [9.17, 15) is 22.7 Å². The lowest BCUT2D eigenvalue weighted by Crippen LogP contribution is -2.25. The van der Waals surface area contributed by atoms with Crippen LogP contribution in [0.2, 0.25) is 0 Å². The predicted octanol–water partition coefficient (Wildman–Crippen LogP) is 7.28. The number of nitrogens with zero attached hydrogens (tertiary/aromatic N) is 1. The minimum Gasteiger partial charge on any atom is -0.488 e. The molecule has 0 unspecified atom stereocenters. The van der Waals surface area contributed by atoms with E-state index in [4.69, 9.17) is 8.92 Å². The molecule has 0 saturated carbocycles. The summed E-state index contributed by atoms with van der Waals surface area (Å²) in [6.07, 6.45) is 1.82. The van der Waals surface area contributed by atoms with Gasteiger partial charge in [0, 0.05) is 28.6 Å². The van der Waals surface area contributed by atoms with Gasteiger partial charge in [0.2, 0.25) is 0 Å². The molecular formula is C35H34FNO6S. The summed E-state index contributed by atoms with van der Waals surface area (Å²) < 4.78 is 51.4. The summed E-state index contributed by atoms with van der Waals surface area (Å²) in [6.45, 7) is 4.36. The third-order valence-corrected chi connectivity index (χ3v) is 8.22. The van der Waals surface area contributed by atoms with Crippen LogP contribution in [0.1, 0.15) is 53.0 Å². The number of carboxylic acid groups (broad SMARTS) is 1. The molecule has 5 rings (SSSR count). The van der Waals surface area contributed by atoms with E-state index >= 15 is 0 Å². The van der Waals surface area contributed by atoms with Crippen molar-refractivity contribution in [2.45, 2.75) is 38.7 Å². The maximum absolute atomic E-state index is 14.1. The molecule has 0 bridgehead atoms. The Hall–Kier alpha value is -4.47. The molecule has 44 heavy (non-hydrogen) atoms. The molecule has 9 heteroatoms. The first kappa shape index (κ1) is 31.0. The number of benzene rings is 4. The molecule has 0 aliphatic carbocycles. The smallest absolute Gasteiger partial charge is 0.335 e. The molecule has 1 aromatic heterocycles. The van der Waals surface area contributed by atoms with Crippen molar-refractivity contribution in [2.75, 3.05) is 12.9 Å². The normalized spacial score (nSPS) is 12.0. The van der Waals surface area contributed by atoms with Crippen molar-refractivity contribution in [3.63, 3.8) is 0 Å². The largest absolute Gasteiger partial charge is 0.488 e. The Bertz CT molecular complexity index is 1880. The Morgan fingerprint density at radius 1 is 0.886 bits per heavy atom. The molecule has 4 aromatic carbocycles. The van der Waals surface area contributed by atoms with Crippen LogP contribution in [0.5, 0.6) is 5.75 Å². The van der Waals surface area contributed by atoms with E-state index in [0.717, 1.165) is 45.2 Å². The summed E-state index contributed by atoms with van der Waals surface area (Å²) in [5.74, 6) is -0.708. The van der Waals surface area contributed by atoms with Gasteiger partial charge in [0.25, 0.3) is 10.1 Å². The van der Waals surface area contributed by atoms with Crippen molar-refractivity contribution >= 4 is 27.0 Å². The van der Waals surface area contributed by atoms with Crippen LogP contribution in [0.3, 0.4) is 0 Å². The van der Waals surface area contributed by atoms with Crippen molar-refractivity contribution in [1.29, 1.82) is 0 Å². The van der Waals surface area contributed by atoms with Gasteiger partial charge in [0.05, 0.1) is 23.9 Å². The second-order valence-electron chi connectivity index (χ2n) is 11.4. The van der Waals surface area contributed by atoms with Crippen LogP contribution in [0.25, 0.3) is 16.6 Å². The lowest BCUT2D eigenvalue weighted by molar-refractivity contribution is 0.0697. The number of hydrogen-bond acceptors (Lipinski definition) is 5. The highest BCUT2D eigenvalue weighted by molar-refractivity contribution is 7.85. The van der Waals surface area contributed by atoms with Crippen molar-refractivity contribution < 1.29 is 31.6 Å². The first-order valence-electron chi connectivity index (χ1n) is 14.2. The Labute approximate surface area is 256 Å². The Morgan fingerprint density at radius 2 is 1.57 bits per heavy atom. The van der Waals surface area contributed by atoms with Gasteiger partial charge in [-0.1, -0.05) is 62.4 Å². The van der Waals surface area contributed by atoms with E-state index in [-0.39, 0.29) is 18.0 Å². The molecule has 5 aromatic rings. The minimum absolute atomic E-state index is 0.0269. The van der Waals surface area contributed by atoms with Gasteiger partial charge >= 0.3 is 5.97 Å². The number of carboxylic acids is 1. The quantitative estimate of drug-likeness (QED) is 0.148. The van der Waals surface area contributed by atoms with Gasteiger partial charge in [-0.3, -0.25) is 4.18 Å². The zero-order valence-corrected chi connectivity index (χ0v) is 25.6. The first-order chi connectivity index (χ1) is 20.9. The van der Waals surface area contributed by atoms with Gasteiger partial charge in [-0.2, -0.15) is 8.42 Å². The monoisotopic (exact) mass is 615 g/mol. The molecule has 1 N–H and O–H groups in total. The fourth-order valence-corrected chi connectivity index (χ4v) is 5.90. The summed E-state index contributed by atoms with van der Waals surface area (Å²) in [6, 6.07) is 28.6. The Kier molecular flexibility index (Phi) is 8.90. The molecule has 1 heterocycles. The van der Waals surface area contributed by atoms with Crippen LogP contribution < -0.4 is 4.74 Å². The molecule has 0 amide bonds. The predicted molar refractivity (Wildman–Crippen MR) is 169 cm³/mol. The van der Waals surface area contributed by atoms with Crippen LogP contribution in [-0.2, 0) is 32.7 Å². The molecular weight excluding hydrogens is 581 g/mol. The SMILES string of the molecule is CC(C)(CCOS(C)(=O)=O)c1c(Cc2ccc(C(=O)O)cc2)c2c(OCc3ccccc3)cccc2n1-c1ccc(F)cc1. The van der Waals surface area contributed by atoms with Crippen LogP contribution in [-0.4, -0.2) is 36.9 Å². The Morgan fingerprint density at radius 3 is 2.20 bits per heavy atom. The lowest BCUT2D eigenvalue weighted by atomic mass is 9.81. The second-order valence-corrected chi connectivity index (χ2v) is 13.0. The number of ether oxygens (including phenoxy) is 1. The number of fused-ring (bicyclic) bond motifs is 1. The summed E-state index contributed by atoms with van der Waals surface area (Å²) in [5, 5.41) is 10.3. The van der Waals surface area contributed by atoms with E-state index in [1.165, 1.54) is 12.1 Å². The number of aromatic nitrogens is 1. The lowest BCUT2D eigenvalue weighted by Gasteiger charge is -2.29. The number of halogens is 1. The molecule has 0 radical (unpaired) electrons. The molecule has 0 aliphatic heterocycles. The van der Waals surface area contributed by atoms with E-state index in [2.05, 4.69) is 4.57 Å². The van der Waals surface area contributed by atoms with Gasteiger partial charge in [-0.05, 0) is 71.6 Å². The average Bonchev–Trinajstić information content (AvgIpc) is 3.32. The number of hydrogen-bond donors (Lipinski definition) is 1. The number of carbonyl (C=O) groups is 1. The van der Waals surface area contributed by atoms with E-state index < -0.39 is 21.5 Å². The Balaban J connectivity index is 1.74. The molecule has 0 saturated heterocycles. The summed E-state index contributed by atoms with van der Waals surface area (Å²) >= 11 is 0. The molecule has 0 spiro atoms. The summed E-state index contributed by atoms with van der Waals surface area (Å²) in [7, 11) is -3.65. The van der Waals surface area contributed by atoms with Gasteiger partial charge in [0.1, 0.15) is 18.2 Å². The zero-order chi connectivity index (χ0) is 31.5. The summed E-state index contributed by atoms with van der Waals surface area (Å²) in [4.78, 5) is 11.5. The van der Waals surface area contributed by atoms with E-state index in [0.29, 0.717) is 25.2 Å². The third-order valence-electron chi connectivity index (χ3n) is 7.63. The van der Waals surface area contributed by atoms with Crippen molar-refractivity contribution in [3.8, 4) is 11.4 Å². The van der Waals surface area contributed by atoms with Gasteiger partial charge in [-0.25, -0.2) is 9.18 Å². The standard InChI is InChI=1S/C35H34FNO6S/c1-35(2,20-21-43-44(3,40)41)33-29(22-24-12-14-26(15-13-24)34(38)39)32-30(37(33)28-18-16-27(36)17-19-28)10-7-11-31(32)42-23-25-8-5-4-6-9-25/h4-19H,20-23H2,1-3H3,(H,38,39). The van der Waals surface area contributed by atoms with Crippen molar-refractivity contribution in [3.05, 3.63) is 131 Å². The second kappa shape index (κ2) is 12.6. The average molecular weight is 616 g/mol. The highest BCUT2D eigenvalue weighted by Gasteiger charge is 2.33. The fraction of sp³-hybridized carbons (Fsp3) is 0.229. The van der Waals surface area contributed by atoms with Crippen LogP contribution in [0.4, 0.5) is 4.39 Å². The molecule has 0 fully saturated rings. The molecule has 7 nitrogen and oxygen atoms in total. The highest BCUT2D eigenvalue weighted by Crippen LogP contribution is 2.43. The van der Waals surface area contributed by atoms with Gasteiger partial charge in [-0.15, -0.1) is 0 Å².